The Morgan fingerprint density at radius 3 is 2.58 bits per heavy atom. The molecule has 1 heterocycles. The molecule has 4 rings (SSSR count). The molecule has 1 saturated carbocycles. The van der Waals surface area contributed by atoms with E-state index in [4.69, 9.17) is 17.0 Å². The molecule has 0 aliphatic heterocycles. The first-order valence-corrected chi connectivity index (χ1v) is 12.0. The van der Waals surface area contributed by atoms with Gasteiger partial charge in [-0.2, -0.15) is 0 Å². The summed E-state index contributed by atoms with van der Waals surface area (Å²) < 4.78 is 8.15. The number of aromatic nitrogens is 1. The van der Waals surface area contributed by atoms with Gasteiger partial charge in [-0.15, -0.1) is 0 Å². The highest BCUT2D eigenvalue weighted by Crippen LogP contribution is 2.30. The minimum Gasteiger partial charge on any atom is -0.492 e. The van der Waals surface area contributed by atoms with Gasteiger partial charge in [0.05, 0.1) is 12.3 Å². The van der Waals surface area contributed by atoms with Crippen molar-refractivity contribution >= 4 is 33.9 Å². The van der Waals surface area contributed by atoms with E-state index < -0.39 is 0 Å². The third-order valence-electron chi connectivity index (χ3n) is 6.26. The summed E-state index contributed by atoms with van der Waals surface area (Å²) in [5, 5.41) is 5.61. The van der Waals surface area contributed by atoms with Crippen LogP contribution < -0.4 is 10.1 Å². The SMILES string of the molecule is CCOc1ccccc1NC(=S)N(Cc1cn(CC)c2ccccc12)C1CCCCC1. The Morgan fingerprint density at radius 2 is 1.81 bits per heavy atom. The maximum absolute atomic E-state index is 5.99. The highest BCUT2D eigenvalue weighted by atomic mass is 32.1. The van der Waals surface area contributed by atoms with Crippen LogP contribution in [-0.4, -0.2) is 27.2 Å². The first kappa shape index (κ1) is 21.7. The summed E-state index contributed by atoms with van der Waals surface area (Å²) in [7, 11) is 0. The molecule has 0 amide bonds. The molecule has 1 aliphatic carbocycles. The largest absolute Gasteiger partial charge is 0.492 e. The molecular weight excluding hydrogens is 402 g/mol. The molecule has 0 spiro atoms. The third-order valence-corrected chi connectivity index (χ3v) is 6.59. The van der Waals surface area contributed by atoms with E-state index in [-0.39, 0.29) is 0 Å². The van der Waals surface area contributed by atoms with Crippen LogP contribution in [0.1, 0.15) is 51.5 Å². The van der Waals surface area contributed by atoms with Crippen molar-refractivity contribution in [1.82, 2.24) is 9.47 Å². The standard InChI is InChI=1S/C26H33N3OS/c1-3-28-18-20(22-14-8-10-16-24(22)28)19-29(21-12-6-5-7-13-21)26(31)27-23-15-9-11-17-25(23)30-4-2/h8-11,14-18,21H,3-7,12-13,19H2,1-2H3,(H,27,31). The number of hydrogen-bond donors (Lipinski definition) is 1. The lowest BCUT2D eigenvalue weighted by atomic mass is 9.94. The van der Waals surface area contributed by atoms with Crippen molar-refractivity contribution in [1.29, 1.82) is 0 Å². The molecule has 1 aromatic heterocycles. The molecule has 0 saturated heterocycles. The van der Waals surface area contributed by atoms with Crippen LogP contribution in [0.25, 0.3) is 10.9 Å². The lowest BCUT2D eigenvalue weighted by molar-refractivity contribution is 0.241. The topological polar surface area (TPSA) is 29.4 Å². The van der Waals surface area contributed by atoms with Crippen LogP contribution in [0.3, 0.4) is 0 Å². The summed E-state index contributed by atoms with van der Waals surface area (Å²) in [5.41, 5.74) is 3.57. The fourth-order valence-corrected chi connectivity index (χ4v) is 5.02. The molecule has 1 aliphatic rings. The van der Waals surface area contributed by atoms with Gasteiger partial charge in [0.25, 0.3) is 0 Å². The molecule has 0 atom stereocenters. The summed E-state index contributed by atoms with van der Waals surface area (Å²) in [6, 6.07) is 17.2. The average Bonchev–Trinajstić information content (AvgIpc) is 3.17. The van der Waals surface area contributed by atoms with Crippen molar-refractivity contribution in [3.8, 4) is 5.75 Å². The van der Waals surface area contributed by atoms with Crippen molar-refractivity contribution in [3.05, 3.63) is 60.3 Å². The second kappa shape index (κ2) is 10.2. The molecule has 5 heteroatoms. The van der Waals surface area contributed by atoms with Crippen molar-refractivity contribution in [2.24, 2.45) is 0 Å². The van der Waals surface area contributed by atoms with Crippen LogP contribution in [0.5, 0.6) is 5.75 Å². The van der Waals surface area contributed by atoms with Gasteiger partial charge in [0.1, 0.15) is 5.75 Å². The number of benzene rings is 2. The fourth-order valence-electron chi connectivity index (χ4n) is 4.69. The number of thiocarbonyl (C=S) groups is 1. The maximum atomic E-state index is 5.99. The van der Waals surface area contributed by atoms with Gasteiger partial charge < -0.3 is 19.5 Å². The average molecular weight is 436 g/mol. The van der Waals surface area contributed by atoms with E-state index in [2.05, 4.69) is 52.2 Å². The van der Waals surface area contributed by atoms with E-state index in [9.17, 15) is 0 Å². The zero-order valence-corrected chi connectivity index (χ0v) is 19.5. The highest BCUT2D eigenvalue weighted by molar-refractivity contribution is 7.80. The normalized spacial score (nSPS) is 14.5. The van der Waals surface area contributed by atoms with Crippen LogP contribution in [0.4, 0.5) is 5.69 Å². The summed E-state index contributed by atoms with van der Waals surface area (Å²) in [4.78, 5) is 2.42. The van der Waals surface area contributed by atoms with Crippen LogP contribution in [0, 0.1) is 0 Å². The zero-order valence-electron chi connectivity index (χ0n) is 18.6. The zero-order chi connectivity index (χ0) is 21.6. The predicted molar refractivity (Wildman–Crippen MR) is 134 cm³/mol. The first-order chi connectivity index (χ1) is 15.2. The number of ether oxygens (including phenoxy) is 1. The number of fused-ring (bicyclic) bond motifs is 1. The summed E-state index contributed by atoms with van der Waals surface area (Å²) in [5.74, 6) is 0.846. The summed E-state index contributed by atoms with van der Waals surface area (Å²) in [6.45, 7) is 6.63. The molecule has 1 fully saturated rings. The molecule has 164 valence electrons. The van der Waals surface area contributed by atoms with Crippen LogP contribution >= 0.6 is 12.2 Å². The smallest absolute Gasteiger partial charge is 0.174 e. The molecule has 2 aromatic carbocycles. The number of hydrogen-bond acceptors (Lipinski definition) is 2. The quantitative estimate of drug-likeness (QED) is 0.424. The van der Waals surface area contributed by atoms with Gasteiger partial charge in [-0.1, -0.05) is 49.6 Å². The van der Waals surface area contributed by atoms with Crippen LogP contribution in [0.15, 0.2) is 54.7 Å². The van der Waals surface area contributed by atoms with Gasteiger partial charge in [0.2, 0.25) is 0 Å². The Kier molecular flexibility index (Phi) is 7.13. The Morgan fingerprint density at radius 1 is 1.06 bits per heavy atom. The molecule has 1 N–H and O–H groups in total. The number of aryl methyl sites for hydroxylation is 1. The second-order valence-corrected chi connectivity index (χ2v) is 8.62. The molecule has 0 bridgehead atoms. The highest BCUT2D eigenvalue weighted by Gasteiger charge is 2.25. The van der Waals surface area contributed by atoms with E-state index in [1.165, 1.54) is 48.6 Å². The molecule has 4 nitrogen and oxygen atoms in total. The monoisotopic (exact) mass is 435 g/mol. The van der Waals surface area contributed by atoms with Crippen LogP contribution in [0.2, 0.25) is 0 Å². The number of nitrogens with one attached hydrogen (secondary N) is 1. The van der Waals surface area contributed by atoms with E-state index >= 15 is 0 Å². The Hall–Kier alpha value is -2.53. The van der Waals surface area contributed by atoms with E-state index in [1.54, 1.807) is 0 Å². The van der Waals surface area contributed by atoms with Gasteiger partial charge in [-0.25, -0.2) is 0 Å². The van der Waals surface area contributed by atoms with Crippen molar-refractivity contribution < 1.29 is 4.74 Å². The Balaban J connectivity index is 1.63. The Bertz CT molecular complexity index is 1020. The van der Waals surface area contributed by atoms with Gasteiger partial charge in [-0.3, -0.25) is 0 Å². The van der Waals surface area contributed by atoms with E-state index in [1.807, 2.05) is 31.2 Å². The van der Waals surface area contributed by atoms with Crippen molar-refractivity contribution in [3.63, 3.8) is 0 Å². The Labute approximate surface area is 191 Å². The number of para-hydroxylation sites is 3. The van der Waals surface area contributed by atoms with Gasteiger partial charge in [0.15, 0.2) is 5.11 Å². The van der Waals surface area contributed by atoms with Gasteiger partial charge in [0, 0.05) is 36.2 Å². The lowest BCUT2D eigenvalue weighted by Crippen LogP contribution is -2.43. The van der Waals surface area contributed by atoms with E-state index in [0.717, 1.165) is 29.6 Å². The summed E-state index contributed by atoms with van der Waals surface area (Å²) in [6.07, 6.45) is 8.57. The fraction of sp³-hybridized carbons (Fsp3) is 0.423. The number of anilines is 1. The lowest BCUT2D eigenvalue weighted by Gasteiger charge is -2.36. The second-order valence-electron chi connectivity index (χ2n) is 8.24. The maximum Gasteiger partial charge on any atom is 0.174 e. The molecular formula is C26H33N3OS. The van der Waals surface area contributed by atoms with Crippen LogP contribution in [-0.2, 0) is 13.1 Å². The predicted octanol–water partition coefficient (Wildman–Crippen LogP) is 6.59. The first-order valence-electron chi connectivity index (χ1n) is 11.6. The molecule has 31 heavy (non-hydrogen) atoms. The summed E-state index contributed by atoms with van der Waals surface area (Å²) >= 11 is 5.99. The number of rotatable bonds is 7. The van der Waals surface area contributed by atoms with Gasteiger partial charge in [-0.05, 0) is 62.7 Å². The third kappa shape index (κ3) is 4.87. The minimum absolute atomic E-state index is 0.469. The van der Waals surface area contributed by atoms with Crippen molar-refractivity contribution in [2.45, 2.75) is 65.1 Å². The minimum atomic E-state index is 0.469. The van der Waals surface area contributed by atoms with Crippen molar-refractivity contribution in [2.75, 3.05) is 11.9 Å². The van der Waals surface area contributed by atoms with Gasteiger partial charge >= 0.3 is 0 Å². The molecule has 0 unspecified atom stereocenters. The molecule has 3 aromatic rings. The molecule has 0 radical (unpaired) electrons. The van der Waals surface area contributed by atoms with E-state index in [0.29, 0.717) is 12.6 Å². The number of nitrogens with zero attached hydrogens (tertiary/aromatic N) is 2.